The molecule has 0 unspecified atom stereocenters. The maximum absolute atomic E-state index is 9.29. The van der Waals surface area contributed by atoms with E-state index in [1.807, 2.05) is 36.4 Å². The number of rotatable bonds is 4. The fourth-order valence-electron chi connectivity index (χ4n) is 6.45. The van der Waals surface area contributed by atoms with Crippen molar-refractivity contribution in [2.24, 2.45) is 0 Å². The number of pyridine rings is 1. The van der Waals surface area contributed by atoms with Gasteiger partial charge in [-0.15, -0.1) is 0 Å². The largest absolute Gasteiger partial charge is 0.437 e. The van der Waals surface area contributed by atoms with Crippen molar-refractivity contribution in [2.45, 2.75) is 59.2 Å². The Morgan fingerprint density at radius 3 is 2.26 bits per heavy atom. The van der Waals surface area contributed by atoms with Gasteiger partial charge in [-0.1, -0.05) is 76.2 Å². The van der Waals surface area contributed by atoms with E-state index in [1.165, 1.54) is 0 Å². The van der Waals surface area contributed by atoms with Crippen LogP contribution in [0.5, 0.6) is 0 Å². The molecular weight excluding hydrogens is 516 g/mol. The lowest BCUT2D eigenvalue weighted by molar-refractivity contribution is 0.645. The Balaban J connectivity index is 1.53. The molecule has 0 aliphatic heterocycles. The first-order valence-corrected chi connectivity index (χ1v) is 14.4. The molecule has 1 aliphatic rings. The third kappa shape index (κ3) is 4.01. The summed E-state index contributed by atoms with van der Waals surface area (Å²) in [4.78, 5) is 13.3. The molecule has 0 saturated carbocycles. The number of hydrogen-bond acceptors (Lipinski definition) is 5. The number of nitrogens with zero attached hydrogens (tertiary/aromatic N) is 4. The highest BCUT2D eigenvalue weighted by Crippen LogP contribution is 2.47. The average molecular weight is 552 g/mol. The fraction of sp³-hybridized carbons (Fsp3) is 0.243. The first-order chi connectivity index (χ1) is 21.6. The molecule has 3 heterocycles. The highest BCUT2D eigenvalue weighted by Gasteiger charge is 2.29. The van der Waals surface area contributed by atoms with E-state index in [9.17, 15) is 5.26 Å². The maximum Gasteiger partial charge on any atom is 0.235 e. The van der Waals surface area contributed by atoms with E-state index in [4.69, 9.17) is 13.5 Å². The van der Waals surface area contributed by atoms with Crippen LogP contribution < -0.4 is 0 Å². The third-order valence-electron chi connectivity index (χ3n) is 8.46. The smallest absolute Gasteiger partial charge is 0.235 e. The van der Waals surface area contributed by atoms with Crippen LogP contribution in [0.15, 0.2) is 71.4 Å². The van der Waals surface area contributed by atoms with E-state index in [0.717, 1.165) is 66.5 Å². The Kier molecular flexibility index (Phi) is 5.39. The molecule has 0 amide bonds. The number of benzene rings is 3. The lowest BCUT2D eigenvalue weighted by atomic mass is 9.77. The second-order valence-electron chi connectivity index (χ2n) is 11.7. The normalized spacial score (nSPS) is 14.0. The molecule has 6 aromatic rings. The first-order valence-electron chi connectivity index (χ1n) is 15.9. The van der Waals surface area contributed by atoms with Gasteiger partial charge in [0, 0.05) is 33.0 Å². The molecule has 1 aliphatic carbocycles. The lowest BCUT2D eigenvalue weighted by Crippen LogP contribution is -2.11. The summed E-state index contributed by atoms with van der Waals surface area (Å²) in [7, 11) is 0. The molecule has 3 aromatic heterocycles. The van der Waals surface area contributed by atoms with Crippen molar-refractivity contribution in [2.75, 3.05) is 0 Å². The number of fused-ring (bicyclic) bond motifs is 7. The highest BCUT2D eigenvalue weighted by molar-refractivity contribution is 6.06. The van der Waals surface area contributed by atoms with E-state index < -0.39 is 6.85 Å². The summed E-state index contributed by atoms with van der Waals surface area (Å²) in [5, 5.41) is 10.9. The zero-order valence-corrected chi connectivity index (χ0v) is 24.1. The van der Waals surface area contributed by atoms with Gasteiger partial charge in [-0.2, -0.15) is 10.2 Å². The van der Waals surface area contributed by atoms with Crippen molar-refractivity contribution >= 4 is 22.1 Å². The van der Waals surface area contributed by atoms with Crippen LogP contribution in [0.3, 0.4) is 0 Å². The highest BCUT2D eigenvalue weighted by atomic mass is 16.3. The van der Waals surface area contributed by atoms with Gasteiger partial charge in [-0.3, -0.25) is 4.98 Å². The standard InChI is InChI=1S/C37H32N4O/c1-20(2)29-15-24(23-9-7-6-8-10-23)16-30(21(3)4)34(29)33-22(5)18-40-35-25-11-12-27-31-19-39-32(17-38)41-37(31)42-36(27)26(25)13-14-28(33)35/h6-12,15-16,18-21H,13-14H2,1-5H3/i5D3. The van der Waals surface area contributed by atoms with Crippen molar-refractivity contribution in [1.29, 1.82) is 5.26 Å². The Hall–Kier alpha value is -4.82. The monoisotopic (exact) mass is 551 g/mol. The zero-order chi connectivity index (χ0) is 31.6. The predicted molar refractivity (Wildman–Crippen MR) is 168 cm³/mol. The molecule has 0 radical (unpaired) electrons. The molecule has 5 nitrogen and oxygen atoms in total. The Morgan fingerprint density at radius 2 is 1.57 bits per heavy atom. The van der Waals surface area contributed by atoms with E-state index in [1.54, 1.807) is 12.4 Å². The van der Waals surface area contributed by atoms with Crippen molar-refractivity contribution < 1.29 is 8.53 Å². The minimum Gasteiger partial charge on any atom is -0.437 e. The zero-order valence-electron chi connectivity index (χ0n) is 27.1. The molecule has 206 valence electrons. The van der Waals surface area contributed by atoms with Crippen molar-refractivity contribution in [3.8, 4) is 39.6 Å². The molecule has 0 spiro atoms. The van der Waals surface area contributed by atoms with E-state index in [-0.39, 0.29) is 23.2 Å². The van der Waals surface area contributed by atoms with E-state index in [0.29, 0.717) is 24.1 Å². The number of aromatic nitrogens is 3. The summed E-state index contributed by atoms with van der Waals surface area (Å²) in [5.41, 5.74) is 11.3. The van der Waals surface area contributed by atoms with Crippen LogP contribution >= 0.6 is 0 Å². The lowest BCUT2D eigenvalue weighted by Gasteiger charge is -2.28. The Morgan fingerprint density at radius 1 is 0.833 bits per heavy atom. The van der Waals surface area contributed by atoms with Gasteiger partial charge < -0.3 is 4.42 Å². The van der Waals surface area contributed by atoms with Gasteiger partial charge in [0.2, 0.25) is 11.5 Å². The summed E-state index contributed by atoms with van der Waals surface area (Å²) in [6.45, 7) is 6.35. The molecule has 0 bridgehead atoms. The third-order valence-corrected chi connectivity index (χ3v) is 8.46. The van der Waals surface area contributed by atoms with Gasteiger partial charge in [0.1, 0.15) is 11.7 Å². The van der Waals surface area contributed by atoms with Crippen LogP contribution in [-0.2, 0) is 12.8 Å². The molecular formula is C37H32N4O. The molecule has 0 saturated heterocycles. The van der Waals surface area contributed by atoms with E-state index in [2.05, 4.69) is 61.9 Å². The molecule has 0 N–H and O–H groups in total. The Labute approximate surface area is 250 Å². The van der Waals surface area contributed by atoms with Crippen LogP contribution in [0.1, 0.15) is 77.3 Å². The van der Waals surface area contributed by atoms with Crippen LogP contribution in [0.4, 0.5) is 0 Å². The van der Waals surface area contributed by atoms with Gasteiger partial charge in [0.05, 0.1) is 11.1 Å². The maximum atomic E-state index is 9.29. The second kappa shape index (κ2) is 9.92. The van der Waals surface area contributed by atoms with Crippen molar-refractivity contribution in [3.63, 3.8) is 0 Å². The second-order valence-corrected chi connectivity index (χ2v) is 11.7. The van der Waals surface area contributed by atoms with Gasteiger partial charge in [0.15, 0.2) is 0 Å². The fourth-order valence-corrected chi connectivity index (χ4v) is 6.45. The summed E-state index contributed by atoms with van der Waals surface area (Å²) < 4.78 is 32.0. The summed E-state index contributed by atoms with van der Waals surface area (Å²) in [6.07, 6.45) is 4.45. The quantitative estimate of drug-likeness (QED) is 0.218. The summed E-state index contributed by atoms with van der Waals surface area (Å²) in [6, 6.07) is 20.8. The van der Waals surface area contributed by atoms with Crippen LogP contribution in [0.2, 0.25) is 0 Å². The topological polar surface area (TPSA) is 75.6 Å². The molecule has 7 rings (SSSR count). The molecule has 0 atom stereocenters. The SMILES string of the molecule is [2H]C([2H])([2H])c1cnc2c(c1-c1c(C(C)C)cc(-c3ccccc3)cc1C(C)C)CCc1c-2ccc2c1oc1nc(C#N)ncc12. The predicted octanol–water partition coefficient (Wildman–Crippen LogP) is 9.30. The summed E-state index contributed by atoms with van der Waals surface area (Å²) >= 11 is 0. The molecule has 42 heavy (non-hydrogen) atoms. The van der Waals surface area contributed by atoms with Gasteiger partial charge in [-0.25, -0.2) is 4.98 Å². The number of hydrogen-bond donors (Lipinski definition) is 0. The molecule has 5 heteroatoms. The molecule has 0 fully saturated rings. The minimum absolute atomic E-state index is 0.0597. The van der Waals surface area contributed by atoms with Gasteiger partial charge >= 0.3 is 0 Å². The van der Waals surface area contributed by atoms with Crippen LogP contribution in [0.25, 0.3) is 55.6 Å². The Bertz CT molecular complexity index is 2140. The van der Waals surface area contributed by atoms with Gasteiger partial charge in [0.25, 0.3) is 0 Å². The van der Waals surface area contributed by atoms with Crippen molar-refractivity contribution in [1.82, 2.24) is 15.0 Å². The number of nitriles is 1. The van der Waals surface area contributed by atoms with Crippen LogP contribution in [-0.4, -0.2) is 15.0 Å². The van der Waals surface area contributed by atoms with Gasteiger partial charge in [-0.05, 0) is 82.1 Å². The number of furan rings is 1. The molecule has 3 aromatic carbocycles. The minimum atomic E-state index is -2.35. The average Bonchev–Trinajstić information content (AvgIpc) is 3.41. The van der Waals surface area contributed by atoms with Crippen LogP contribution in [0, 0.1) is 18.2 Å². The first kappa shape index (κ1) is 22.8. The van der Waals surface area contributed by atoms with E-state index >= 15 is 0 Å². The number of aryl methyl sites for hydroxylation is 2. The summed E-state index contributed by atoms with van der Waals surface area (Å²) in [5.74, 6) is 0.365. The van der Waals surface area contributed by atoms with Crippen molar-refractivity contribution in [3.05, 3.63) is 101 Å².